The molecule has 0 aliphatic carbocycles. The molecule has 1 heterocycles. The molecule has 128 valence electrons. The molecule has 0 radical (unpaired) electrons. The lowest BCUT2D eigenvalue weighted by Crippen LogP contribution is -2.36. The predicted octanol–water partition coefficient (Wildman–Crippen LogP) is 4.47. The van der Waals surface area contributed by atoms with Crippen LogP contribution in [0, 0.1) is 11.6 Å². The van der Waals surface area contributed by atoms with E-state index >= 15 is 0 Å². The standard InChI is InChI=1S/C19H21F2NOS/c20-16-6-5-14(13-17(16)21)7-10-22-11-8-15(9-12-22)24-19-4-2-1-3-18(19)23/h1-6,13,15,23H,7-12H2. The van der Waals surface area contributed by atoms with E-state index in [2.05, 4.69) is 4.90 Å². The van der Waals surface area contributed by atoms with Crippen molar-refractivity contribution in [2.24, 2.45) is 0 Å². The highest BCUT2D eigenvalue weighted by Crippen LogP contribution is 2.35. The highest BCUT2D eigenvalue weighted by Gasteiger charge is 2.20. The smallest absolute Gasteiger partial charge is 0.159 e. The van der Waals surface area contributed by atoms with Gasteiger partial charge in [0.1, 0.15) is 5.75 Å². The fourth-order valence-electron chi connectivity index (χ4n) is 2.97. The first-order chi connectivity index (χ1) is 11.6. The SMILES string of the molecule is Oc1ccccc1SC1CCN(CCc2ccc(F)c(F)c2)CC1. The Hall–Kier alpha value is -1.59. The van der Waals surface area contributed by atoms with Crippen molar-refractivity contribution in [3.63, 3.8) is 0 Å². The summed E-state index contributed by atoms with van der Waals surface area (Å²) in [5, 5.41) is 10.4. The van der Waals surface area contributed by atoms with Gasteiger partial charge in [0.15, 0.2) is 11.6 Å². The Morgan fingerprint density at radius 1 is 1.04 bits per heavy atom. The number of phenolic OH excluding ortho intramolecular Hbond substituents is 1. The lowest BCUT2D eigenvalue weighted by Gasteiger charge is -2.31. The van der Waals surface area contributed by atoms with Crippen LogP contribution in [0.4, 0.5) is 8.78 Å². The first-order valence-corrected chi connectivity index (χ1v) is 9.11. The molecular formula is C19H21F2NOS. The number of benzene rings is 2. The summed E-state index contributed by atoms with van der Waals surface area (Å²) in [6.07, 6.45) is 2.86. The largest absolute Gasteiger partial charge is 0.507 e. The number of phenols is 1. The van der Waals surface area contributed by atoms with Crippen LogP contribution in [0.15, 0.2) is 47.4 Å². The highest BCUT2D eigenvalue weighted by atomic mass is 32.2. The third-order valence-corrected chi connectivity index (χ3v) is 5.80. The molecule has 5 heteroatoms. The third kappa shape index (κ3) is 4.48. The van der Waals surface area contributed by atoms with Gasteiger partial charge in [-0.1, -0.05) is 18.2 Å². The first kappa shape index (κ1) is 17.2. The summed E-state index contributed by atoms with van der Waals surface area (Å²) in [6, 6.07) is 11.6. The maximum Gasteiger partial charge on any atom is 0.159 e. The molecule has 2 aromatic rings. The number of likely N-dealkylation sites (tertiary alicyclic amines) is 1. The predicted molar refractivity (Wildman–Crippen MR) is 93.5 cm³/mol. The minimum atomic E-state index is -0.791. The quantitative estimate of drug-likeness (QED) is 0.861. The van der Waals surface area contributed by atoms with Crippen LogP contribution >= 0.6 is 11.8 Å². The molecule has 1 saturated heterocycles. The van der Waals surface area contributed by atoms with E-state index in [1.54, 1.807) is 23.9 Å². The van der Waals surface area contributed by atoms with Crippen molar-refractivity contribution < 1.29 is 13.9 Å². The average molecular weight is 349 g/mol. The number of nitrogens with zero attached hydrogens (tertiary/aromatic N) is 1. The van der Waals surface area contributed by atoms with Crippen LogP contribution < -0.4 is 0 Å². The minimum Gasteiger partial charge on any atom is -0.507 e. The van der Waals surface area contributed by atoms with Crippen LogP contribution in [0.25, 0.3) is 0 Å². The second-order valence-corrected chi connectivity index (χ2v) is 7.47. The zero-order valence-electron chi connectivity index (χ0n) is 13.4. The molecule has 1 aliphatic rings. The Bertz CT molecular complexity index is 687. The van der Waals surface area contributed by atoms with Gasteiger partial charge in [0, 0.05) is 16.7 Å². The van der Waals surface area contributed by atoms with E-state index in [1.165, 1.54) is 12.1 Å². The van der Waals surface area contributed by atoms with Gasteiger partial charge in [-0.25, -0.2) is 8.78 Å². The molecule has 24 heavy (non-hydrogen) atoms. The van der Waals surface area contributed by atoms with Crippen LogP contribution in [-0.2, 0) is 6.42 Å². The minimum absolute atomic E-state index is 0.350. The molecule has 0 unspecified atom stereocenters. The molecule has 1 fully saturated rings. The van der Waals surface area contributed by atoms with Gasteiger partial charge in [0.05, 0.1) is 0 Å². The summed E-state index contributed by atoms with van der Waals surface area (Å²) >= 11 is 1.74. The number of halogens is 2. The second kappa shape index (κ2) is 7.99. The van der Waals surface area contributed by atoms with E-state index in [0.29, 0.717) is 11.0 Å². The number of hydrogen-bond acceptors (Lipinski definition) is 3. The highest BCUT2D eigenvalue weighted by molar-refractivity contribution is 8.00. The summed E-state index contributed by atoms with van der Waals surface area (Å²) in [5.41, 5.74) is 0.833. The van der Waals surface area contributed by atoms with Crippen molar-refractivity contribution in [3.8, 4) is 5.75 Å². The van der Waals surface area contributed by atoms with E-state index in [-0.39, 0.29) is 0 Å². The van der Waals surface area contributed by atoms with E-state index in [0.717, 1.165) is 49.4 Å². The number of aromatic hydroxyl groups is 1. The Kier molecular flexibility index (Phi) is 5.74. The monoisotopic (exact) mass is 349 g/mol. The zero-order valence-corrected chi connectivity index (χ0v) is 14.2. The van der Waals surface area contributed by atoms with E-state index < -0.39 is 11.6 Å². The molecule has 0 bridgehead atoms. The maximum absolute atomic E-state index is 13.2. The van der Waals surface area contributed by atoms with Gasteiger partial charge in [-0.15, -0.1) is 11.8 Å². The molecule has 0 spiro atoms. The molecule has 3 rings (SSSR count). The molecule has 1 aliphatic heterocycles. The Morgan fingerprint density at radius 3 is 2.50 bits per heavy atom. The van der Waals surface area contributed by atoms with Crippen molar-refractivity contribution in [3.05, 3.63) is 59.7 Å². The normalized spacial score (nSPS) is 16.4. The maximum atomic E-state index is 13.2. The zero-order chi connectivity index (χ0) is 16.9. The topological polar surface area (TPSA) is 23.5 Å². The molecular weight excluding hydrogens is 328 g/mol. The molecule has 0 amide bonds. The molecule has 1 N–H and O–H groups in total. The number of rotatable bonds is 5. The van der Waals surface area contributed by atoms with Crippen molar-refractivity contribution >= 4 is 11.8 Å². The number of hydrogen-bond donors (Lipinski definition) is 1. The van der Waals surface area contributed by atoms with Gasteiger partial charge >= 0.3 is 0 Å². The summed E-state index contributed by atoms with van der Waals surface area (Å²) in [5.74, 6) is -1.21. The lowest BCUT2D eigenvalue weighted by molar-refractivity contribution is 0.235. The van der Waals surface area contributed by atoms with Gasteiger partial charge in [-0.05, 0) is 62.2 Å². The summed E-state index contributed by atoms with van der Waals surface area (Å²) < 4.78 is 26.2. The van der Waals surface area contributed by atoms with Gasteiger partial charge in [0.25, 0.3) is 0 Å². The number of thioether (sulfide) groups is 1. The summed E-state index contributed by atoms with van der Waals surface area (Å²) in [4.78, 5) is 3.31. The molecule has 2 aromatic carbocycles. The third-order valence-electron chi connectivity index (χ3n) is 4.39. The van der Waals surface area contributed by atoms with Crippen LogP contribution in [0.2, 0.25) is 0 Å². The van der Waals surface area contributed by atoms with Gasteiger partial charge < -0.3 is 10.0 Å². The van der Waals surface area contributed by atoms with Crippen molar-refractivity contribution in [2.45, 2.75) is 29.4 Å². The first-order valence-electron chi connectivity index (χ1n) is 8.23. The Balaban J connectivity index is 1.45. The fourth-order valence-corrected chi connectivity index (χ4v) is 4.12. The lowest BCUT2D eigenvalue weighted by atomic mass is 10.1. The molecule has 0 atom stereocenters. The van der Waals surface area contributed by atoms with Gasteiger partial charge in [-0.2, -0.15) is 0 Å². The Labute approximate surface area is 145 Å². The average Bonchev–Trinajstić information content (AvgIpc) is 2.59. The van der Waals surface area contributed by atoms with Crippen molar-refractivity contribution in [1.29, 1.82) is 0 Å². The Morgan fingerprint density at radius 2 is 1.79 bits per heavy atom. The molecule has 0 saturated carbocycles. The van der Waals surface area contributed by atoms with E-state index in [9.17, 15) is 13.9 Å². The van der Waals surface area contributed by atoms with Crippen LogP contribution in [0.5, 0.6) is 5.75 Å². The van der Waals surface area contributed by atoms with Gasteiger partial charge in [0.2, 0.25) is 0 Å². The van der Waals surface area contributed by atoms with Crippen LogP contribution in [0.1, 0.15) is 18.4 Å². The van der Waals surface area contributed by atoms with Crippen LogP contribution in [-0.4, -0.2) is 34.9 Å². The fraction of sp³-hybridized carbons (Fsp3) is 0.368. The van der Waals surface area contributed by atoms with Crippen LogP contribution in [0.3, 0.4) is 0 Å². The summed E-state index contributed by atoms with van der Waals surface area (Å²) in [7, 11) is 0. The second-order valence-electron chi connectivity index (χ2n) is 6.13. The van der Waals surface area contributed by atoms with E-state index in [1.807, 2.05) is 18.2 Å². The van der Waals surface area contributed by atoms with Gasteiger partial charge in [-0.3, -0.25) is 0 Å². The van der Waals surface area contributed by atoms with Crippen molar-refractivity contribution in [1.82, 2.24) is 4.90 Å². The van der Waals surface area contributed by atoms with E-state index in [4.69, 9.17) is 0 Å². The molecule has 0 aromatic heterocycles. The summed E-state index contributed by atoms with van der Waals surface area (Å²) in [6.45, 7) is 2.85. The number of piperidine rings is 1. The molecule has 2 nitrogen and oxygen atoms in total. The van der Waals surface area contributed by atoms with Crippen molar-refractivity contribution in [2.75, 3.05) is 19.6 Å². The number of para-hydroxylation sites is 1.